The zero-order valence-electron chi connectivity index (χ0n) is 13.1. The number of thiazole rings is 1. The van der Waals surface area contributed by atoms with Crippen LogP contribution in [0, 0.1) is 0 Å². The Morgan fingerprint density at radius 2 is 2.20 bits per heavy atom. The third-order valence-corrected chi connectivity index (χ3v) is 6.17. The quantitative estimate of drug-likeness (QED) is 0.866. The summed E-state index contributed by atoms with van der Waals surface area (Å²) in [6.45, 7) is 13.2. The largest absolute Gasteiger partial charge is 0.346 e. The van der Waals surface area contributed by atoms with Crippen LogP contribution in [0.4, 0.5) is 5.13 Å². The molecule has 1 unspecified atom stereocenters. The minimum atomic E-state index is 0.509. The zero-order valence-corrected chi connectivity index (χ0v) is 14.7. The Hall–Kier alpha value is -0.260. The molecule has 114 valence electrons. The molecule has 0 spiro atoms. The number of thioether (sulfide) groups is 1. The molecule has 3 nitrogen and oxygen atoms in total. The summed E-state index contributed by atoms with van der Waals surface area (Å²) < 4.78 is 0. The Balaban J connectivity index is 2.14. The lowest BCUT2D eigenvalue weighted by molar-refractivity contribution is 0.708. The van der Waals surface area contributed by atoms with Crippen LogP contribution in [-0.4, -0.2) is 35.6 Å². The van der Waals surface area contributed by atoms with E-state index in [9.17, 15) is 0 Å². The first kappa shape index (κ1) is 16.1. The van der Waals surface area contributed by atoms with Gasteiger partial charge in [-0.2, -0.15) is 11.8 Å². The van der Waals surface area contributed by atoms with Gasteiger partial charge in [0.15, 0.2) is 5.13 Å². The van der Waals surface area contributed by atoms with Gasteiger partial charge in [0, 0.05) is 35.5 Å². The van der Waals surface area contributed by atoms with Crippen LogP contribution >= 0.6 is 23.1 Å². The predicted molar refractivity (Wildman–Crippen MR) is 92.3 cm³/mol. The topological polar surface area (TPSA) is 28.2 Å². The van der Waals surface area contributed by atoms with Crippen LogP contribution in [0.25, 0.3) is 0 Å². The first-order valence-electron chi connectivity index (χ1n) is 7.72. The van der Waals surface area contributed by atoms with Gasteiger partial charge in [-0.15, -0.1) is 11.3 Å². The molecular formula is C15H27N3S2. The number of hydrogen-bond acceptors (Lipinski definition) is 5. The molecule has 1 saturated heterocycles. The third kappa shape index (κ3) is 3.89. The van der Waals surface area contributed by atoms with Crippen LogP contribution in [0.15, 0.2) is 0 Å². The lowest BCUT2D eigenvalue weighted by atomic mass is 10.1. The van der Waals surface area contributed by atoms with Crippen LogP contribution in [0.1, 0.15) is 50.6 Å². The molecule has 1 fully saturated rings. The van der Waals surface area contributed by atoms with E-state index in [4.69, 9.17) is 4.98 Å². The maximum Gasteiger partial charge on any atom is 0.185 e. The zero-order chi connectivity index (χ0) is 14.5. The van der Waals surface area contributed by atoms with E-state index in [1.165, 1.54) is 27.9 Å². The summed E-state index contributed by atoms with van der Waals surface area (Å²) in [5, 5.41) is 5.45. The summed E-state index contributed by atoms with van der Waals surface area (Å²) in [6, 6.07) is 0. The van der Waals surface area contributed by atoms with Gasteiger partial charge in [-0.05, 0) is 18.9 Å². The molecule has 1 aromatic rings. The molecular weight excluding hydrogens is 286 g/mol. The fourth-order valence-corrected chi connectivity index (χ4v) is 4.84. The molecule has 0 radical (unpaired) electrons. The van der Waals surface area contributed by atoms with Gasteiger partial charge < -0.3 is 10.2 Å². The fraction of sp³-hybridized carbons (Fsp3) is 0.800. The minimum absolute atomic E-state index is 0.509. The highest BCUT2D eigenvalue weighted by Gasteiger charge is 2.23. The maximum atomic E-state index is 4.95. The average molecular weight is 314 g/mol. The van der Waals surface area contributed by atoms with E-state index in [-0.39, 0.29) is 0 Å². The summed E-state index contributed by atoms with van der Waals surface area (Å²) in [7, 11) is 0. The van der Waals surface area contributed by atoms with Crippen molar-refractivity contribution in [1.82, 2.24) is 10.3 Å². The molecule has 1 aromatic heterocycles. The standard InChI is InChI=1S/C15H27N3S2/c1-5-12-10-18(7-8-19-12)15-17-14(11(3)4)13(20-15)9-16-6-2/h11-12,16H,5-10H2,1-4H3. The highest BCUT2D eigenvalue weighted by molar-refractivity contribution is 8.00. The van der Waals surface area contributed by atoms with Crippen molar-refractivity contribution in [3.8, 4) is 0 Å². The smallest absolute Gasteiger partial charge is 0.185 e. The van der Waals surface area contributed by atoms with Crippen LogP contribution in [0.3, 0.4) is 0 Å². The molecule has 0 amide bonds. The average Bonchev–Trinajstić information content (AvgIpc) is 2.89. The maximum absolute atomic E-state index is 4.95. The van der Waals surface area contributed by atoms with E-state index < -0.39 is 0 Å². The van der Waals surface area contributed by atoms with Gasteiger partial charge in [0.2, 0.25) is 0 Å². The Labute approximate surface area is 131 Å². The lowest BCUT2D eigenvalue weighted by Gasteiger charge is -2.31. The molecule has 1 aliphatic rings. The predicted octanol–water partition coefficient (Wildman–Crippen LogP) is 3.71. The number of aromatic nitrogens is 1. The van der Waals surface area contributed by atoms with E-state index in [1.54, 1.807) is 0 Å². The molecule has 0 bridgehead atoms. The van der Waals surface area contributed by atoms with Crippen LogP contribution in [0.5, 0.6) is 0 Å². The van der Waals surface area contributed by atoms with Gasteiger partial charge in [0.05, 0.1) is 5.69 Å². The summed E-state index contributed by atoms with van der Waals surface area (Å²) in [5.74, 6) is 1.74. The molecule has 1 aliphatic heterocycles. The number of hydrogen-bond donors (Lipinski definition) is 1. The van der Waals surface area contributed by atoms with Gasteiger partial charge in [0.25, 0.3) is 0 Å². The Bertz CT molecular complexity index is 417. The summed E-state index contributed by atoms with van der Waals surface area (Å²) in [4.78, 5) is 8.87. The van der Waals surface area contributed by atoms with Crippen molar-refractivity contribution < 1.29 is 0 Å². The van der Waals surface area contributed by atoms with Crippen LogP contribution in [-0.2, 0) is 6.54 Å². The summed E-state index contributed by atoms with van der Waals surface area (Å²) in [6.07, 6.45) is 1.26. The molecule has 0 saturated carbocycles. The molecule has 0 aliphatic carbocycles. The normalized spacial score (nSPS) is 19.9. The van der Waals surface area contributed by atoms with E-state index in [0.717, 1.165) is 31.4 Å². The first-order chi connectivity index (χ1) is 9.65. The number of rotatable bonds is 6. The molecule has 1 atom stereocenters. The van der Waals surface area contributed by atoms with Crippen molar-refractivity contribution in [2.45, 2.75) is 51.8 Å². The van der Waals surface area contributed by atoms with Gasteiger partial charge >= 0.3 is 0 Å². The van der Waals surface area contributed by atoms with E-state index in [0.29, 0.717) is 5.92 Å². The summed E-state index contributed by atoms with van der Waals surface area (Å²) >= 11 is 4.01. The Morgan fingerprint density at radius 3 is 2.85 bits per heavy atom. The van der Waals surface area contributed by atoms with Crippen molar-refractivity contribution in [2.75, 3.05) is 30.3 Å². The van der Waals surface area contributed by atoms with E-state index in [2.05, 4.69) is 49.7 Å². The third-order valence-electron chi connectivity index (χ3n) is 3.66. The molecule has 2 heterocycles. The Morgan fingerprint density at radius 1 is 1.40 bits per heavy atom. The van der Waals surface area contributed by atoms with Gasteiger partial charge in [-0.25, -0.2) is 4.98 Å². The second-order valence-corrected chi connectivity index (χ2v) is 8.06. The van der Waals surface area contributed by atoms with Gasteiger partial charge in [-0.1, -0.05) is 27.7 Å². The van der Waals surface area contributed by atoms with Crippen molar-refractivity contribution in [3.05, 3.63) is 10.6 Å². The van der Waals surface area contributed by atoms with Crippen LogP contribution < -0.4 is 10.2 Å². The molecule has 2 rings (SSSR count). The highest BCUT2D eigenvalue weighted by Crippen LogP contribution is 2.33. The number of anilines is 1. The molecule has 0 aromatic carbocycles. The molecule has 1 N–H and O–H groups in total. The lowest BCUT2D eigenvalue weighted by Crippen LogP contribution is -2.37. The fourth-order valence-electron chi connectivity index (χ4n) is 2.44. The van der Waals surface area contributed by atoms with Gasteiger partial charge in [0.1, 0.15) is 0 Å². The molecule has 5 heteroatoms. The first-order valence-corrected chi connectivity index (χ1v) is 9.59. The van der Waals surface area contributed by atoms with Crippen molar-refractivity contribution in [3.63, 3.8) is 0 Å². The summed E-state index contributed by atoms with van der Waals surface area (Å²) in [5.41, 5.74) is 1.29. The second kappa shape index (κ2) is 7.66. The molecule has 20 heavy (non-hydrogen) atoms. The van der Waals surface area contributed by atoms with Crippen molar-refractivity contribution in [2.24, 2.45) is 0 Å². The van der Waals surface area contributed by atoms with Gasteiger partial charge in [-0.3, -0.25) is 0 Å². The van der Waals surface area contributed by atoms with Crippen LogP contribution in [0.2, 0.25) is 0 Å². The minimum Gasteiger partial charge on any atom is -0.346 e. The van der Waals surface area contributed by atoms with E-state index in [1.807, 2.05) is 11.3 Å². The van der Waals surface area contributed by atoms with Crippen molar-refractivity contribution in [1.29, 1.82) is 0 Å². The monoisotopic (exact) mass is 313 g/mol. The van der Waals surface area contributed by atoms with E-state index >= 15 is 0 Å². The Kier molecular flexibility index (Phi) is 6.18. The second-order valence-electron chi connectivity index (χ2n) is 5.59. The van der Waals surface area contributed by atoms with Crippen molar-refractivity contribution >= 4 is 28.2 Å². The number of nitrogens with one attached hydrogen (secondary N) is 1. The number of nitrogens with zero attached hydrogens (tertiary/aromatic N) is 2. The SMILES string of the molecule is CCNCc1sc(N2CCSC(CC)C2)nc1C(C)C. The highest BCUT2D eigenvalue weighted by atomic mass is 32.2.